The van der Waals surface area contributed by atoms with E-state index in [9.17, 15) is 27.6 Å². The van der Waals surface area contributed by atoms with E-state index in [2.05, 4.69) is 5.32 Å². The van der Waals surface area contributed by atoms with Gasteiger partial charge in [0.25, 0.3) is 0 Å². The second-order valence-electron chi connectivity index (χ2n) is 12.3. The van der Waals surface area contributed by atoms with Gasteiger partial charge in [-0.3, -0.25) is 19.3 Å². The zero-order valence-corrected chi connectivity index (χ0v) is 27.7. The SMILES string of the molecule is CC(C)C(=O)Nc1ccc(-c2sc3c(c2CN(C)Cc2ccccc2F)c(=O)c(C(=O)C(C)C)cn3Cc2c(F)cccc2F)cc1. The Morgan fingerprint density at radius 2 is 1.47 bits per heavy atom. The van der Waals surface area contributed by atoms with Gasteiger partial charge in [0, 0.05) is 52.8 Å². The van der Waals surface area contributed by atoms with Crippen molar-refractivity contribution in [1.29, 1.82) is 0 Å². The first kappa shape index (κ1) is 33.8. The maximum atomic E-state index is 14.9. The van der Waals surface area contributed by atoms with Crippen LogP contribution in [-0.2, 0) is 24.4 Å². The summed E-state index contributed by atoms with van der Waals surface area (Å²) in [5.41, 5.74) is 1.69. The number of thiophene rings is 1. The van der Waals surface area contributed by atoms with Crippen molar-refractivity contribution in [3.63, 3.8) is 0 Å². The molecular formula is C37H36F3N3O3S. The molecule has 0 fully saturated rings. The number of fused-ring (bicyclic) bond motifs is 1. The molecule has 0 saturated heterocycles. The first-order valence-corrected chi connectivity index (χ1v) is 16.2. The van der Waals surface area contributed by atoms with Crippen LogP contribution in [0.4, 0.5) is 18.9 Å². The molecule has 3 aromatic carbocycles. The predicted molar refractivity (Wildman–Crippen MR) is 181 cm³/mol. The van der Waals surface area contributed by atoms with Gasteiger partial charge in [-0.15, -0.1) is 11.3 Å². The molecule has 244 valence electrons. The molecule has 0 bridgehead atoms. The largest absolute Gasteiger partial charge is 0.334 e. The van der Waals surface area contributed by atoms with Crippen LogP contribution in [0.15, 0.2) is 77.7 Å². The molecule has 1 N–H and O–H groups in total. The molecule has 2 aromatic heterocycles. The van der Waals surface area contributed by atoms with Crippen molar-refractivity contribution >= 4 is 38.9 Å². The van der Waals surface area contributed by atoms with Crippen molar-refractivity contribution in [2.45, 2.75) is 47.3 Å². The van der Waals surface area contributed by atoms with E-state index in [1.165, 1.54) is 41.8 Å². The third-order valence-corrected chi connectivity index (χ3v) is 9.27. The Kier molecular flexibility index (Phi) is 10.1. The summed E-state index contributed by atoms with van der Waals surface area (Å²) in [6.45, 7) is 7.17. The van der Waals surface area contributed by atoms with Gasteiger partial charge in [0.1, 0.15) is 22.3 Å². The van der Waals surface area contributed by atoms with Crippen molar-refractivity contribution in [3.05, 3.63) is 123 Å². The quantitative estimate of drug-likeness (QED) is 0.145. The van der Waals surface area contributed by atoms with Crippen LogP contribution < -0.4 is 10.7 Å². The van der Waals surface area contributed by atoms with Crippen LogP contribution in [0.1, 0.15) is 54.7 Å². The van der Waals surface area contributed by atoms with Gasteiger partial charge < -0.3 is 9.88 Å². The summed E-state index contributed by atoms with van der Waals surface area (Å²) in [4.78, 5) is 42.9. The number of nitrogens with one attached hydrogen (secondary N) is 1. The van der Waals surface area contributed by atoms with Crippen molar-refractivity contribution < 1.29 is 22.8 Å². The van der Waals surface area contributed by atoms with Crippen LogP contribution in [0.3, 0.4) is 0 Å². The molecule has 1 amide bonds. The number of amides is 1. The molecule has 5 aromatic rings. The van der Waals surface area contributed by atoms with Crippen LogP contribution >= 0.6 is 11.3 Å². The molecule has 6 nitrogen and oxygen atoms in total. The second kappa shape index (κ2) is 14.1. The number of aromatic nitrogens is 1. The van der Waals surface area contributed by atoms with Crippen LogP contribution in [0.2, 0.25) is 0 Å². The number of pyridine rings is 1. The number of hydrogen-bond donors (Lipinski definition) is 1. The number of rotatable bonds is 11. The van der Waals surface area contributed by atoms with Gasteiger partial charge in [0.15, 0.2) is 5.78 Å². The minimum Gasteiger partial charge on any atom is -0.334 e. The highest BCUT2D eigenvalue weighted by atomic mass is 32.1. The fraction of sp³-hybridized carbons (Fsp3) is 0.270. The topological polar surface area (TPSA) is 71.4 Å². The Labute approximate surface area is 275 Å². The Hall–Kier alpha value is -4.54. The maximum absolute atomic E-state index is 14.9. The second-order valence-corrected chi connectivity index (χ2v) is 13.3. The molecule has 0 aliphatic rings. The van der Waals surface area contributed by atoms with E-state index in [0.717, 1.165) is 5.56 Å². The van der Waals surface area contributed by atoms with E-state index < -0.39 is 23.0 Å². The molecule has 47 heavy (non-hydrogen) atoms. The summed E-state index contributed by atoms with van der Waals surface area (Å²) in [6, 6.07) is 17.2. The van der Waals surface area contributed by atoms with Crippen LogP contribution in [0.25, 0.3) is 20.7 Å². The third-order valence-electron chi connectivity index (χ3n) is 7.95. The molecule has 2 heterocycles. The molecule has 0 spiro atoms. The molecule has 0 aliphatic heterocycles. The van der Waals surface area contributed by atoms with Crippen molar-refractivity contribution in [1.82, 2.24) is 9.47 Å². The Morgan fingerprint density at radius 3 is 2.09 bits per heavy atom. The van der Waals surface area contributed by atoms with Crippen LogP contribution in [0.5, 0.6) is 0 Å². The fourth-order valence-corrected chi connectivity index (χ4v) is 6.66. The summed E-state index contributed by atoms with van der Waals surface area (Å²) in [6.07, 6.45) is 1.40. The van der Waals surface area contributed by atoms with E-state index in [-0.39, 0.29) is 59.6 Å². The summed E-state index contributed by atoms with van der Waals surface area (Å²) in [5.74, 6) is -3.06. The van der Waals surface area contributed by atoms with Gasteiger partial charge in [0.2, 0.25) is 11.3 Å². The van der Waals surface area contributed by atoms with E-state index in [0.29, 0.717) is 26.5 Å². The lowest BCUT2D eigenvalue weighted by atomic mass is 9.99. The van der Waals surface area contributed by atoms with Crippen LogP contribution in [-0.4, -0.2) is 28.2 Å². The minimum atomic E-state index is -0.741. The molecule has 0 unspecified atom stereocenters. The number of carbonyl (C=O) groups is 2. The highest BCUT2D eigenvalue weighted by molar-refractivity contribution is 7.22. The zero-order chi connectivity index (χ0) is 34.0. The Morgan fingerprint density at radius 1 is 0.830 bits per heavy atom. The lowest BCUT2D eigenvalue weighted by Crippen LogP contribution is -2.24. The zero-order valence-electron chi connectivity index (χ0n) is 26.9. The predicted octanol–water partition coefficient (Wildman–Crippen LogP) is 8.26. The normalized spacial score (nSPS) is 11.6. The number of carbonyl (C=O) groups excluding carboxylic acids is 2. The van der Waals surface area contributed by atoms with Gasteiger partial charge >= 0.3 is 0 Å². The first-order chi connectivity index (χ1) is 22.3. The van der Waals surface area contributed by atoms with E-state index in [1.807, 2.05) is 17.0 Å². The molecule has 0 radical (unpaired) electrons. The Bertz CT molecular complexity index is 2000. The average molecular weight is 660 g/mol. The van der Waals surface area contributed by atoms with Crippen molar-refractivity contribution in [2.75, 3.05) is 12.4 Å². The Balaban J connectivity index is 1.72. The molecule has 0 saturated carbocycles. The monoisotopic (exact) mass is 659 g/mol. The maximum Gasteiger partial charge on any atom is 0.226 e. The first-order valence-electron chi connectivity index (χ1n) is 15.3. The summed E-state index contributed by atoms with van der Waals surface area (Å²) >= 11 is 1.27. The number of anilines is 1. The van der Waals surface area contributed by atoms with Crippen molar-refractivity contribution in [3.8, 4) is 10.4 Å². The number of hydrogen-bond acceptors (Lipinski definition) is 5. The standard InChI is InChI=1S/C37H36F3N3O3S/c1-21(2)33(44)28-20-43(19-26-30(39)11-8-12-31(26)40)37-32(34(28)45)27(18-42(5)17-24-9-6-7-10-29(24)38)35(47-37)23-13-15-25(16-14-23)41-36(46)22(3)4/h6-16,20-22H,17-19H2,1-5H3,(H,41,46). The molecule has 10 heteroatoms. The van der Waals surface area contributed by atoms with Gasteiger partial charge in [-0.25, -0.2) is 13.2 Å². The summed E-state index contributed by atoms with van der Waals surface area (Å²) in [7, 11) is 1.81. The van der Waals surface area contributed by atoms with Crippen molar-refractivity contribution in [2.24, 2.45) is 11.8 Å². The lowest BCUT2D eigenvalue weighted by Gasteiger charge is -2.19. The highest BCUT2D eigenvalue weighted by Gasteiger charge is 2.26. The van der Waals surface area contributed by atoms with Gasteiger partial charge in [0.05, 0.1) is 17.5 Å². The number of benzene rings is 3. The molecule has 5 rings (SSSR count). The summed E-state index contributed by atoms with van der Waals surface area (Å²) < 4.78 is 46.0. The molecule has 0 atom stereocenters. The third kappa shape index (κ3) is 7.24. The van der Waals surface area contributed by atoms with E-state index in [4.69, 9.17) is 0 Å². The number of halogens is 3. The van der Waals surface area contributed by atoms with Gasteiger partial charge in [-0.2, -0.15) is 0 Å². The molecular weight excluding hydrogens is 623 g/mol. The number of Topliss-reactive ketones (excluding diaryl/α,β-unsaturated/α-hetero) is 1. The number of nitrogens with zero attached hydrogens (tertiary/aromatic N) is 2. The van der Waals surface area contributed by atoms with E-state index in [1.54, 1.807) is 69.6 Å². The lowest BCUT2D eigenvalue weighted by molar-refractivity contribution is -0.118. The smallest absolute Gasteiger partial charge is 0.226 e. The highest BCUT2D eigenvalue weighted by Crippen LogP contribution is 2.39. The van der Waals surface area contributed by atoms with E-state index >= 15 is 0 Å². The summed E-state index contributed by atoms with van der Waals surface area (Å²) in [5, 5.41) is 3.14. The van der Waals surface area contributed by atoms with Gasteiger partial charge in [-0.05, 0) is 48.5 Å². The molecule has 0 aliphatic carbocycles. The average Bonchev–Trinajstić information content (AvgIpc) is 3.40. The number of ketones is 1. The minimum absolute atomic E-state index is 0.0710. The van der Waals surface area contributed by atoms with Crippen LogP contribution in [0, 0.1) is 29.3 Å². The van der Waals surface area contributed by atoms with Gasteiger partial charge in [-0.1, -0.05) is 64.1 Å². The fourth-order valence-electron chi connectivity index (χ4n) is 5.37.